The van der Waals surface area contributed by atoms with Crippen molar-refractivity contribution in [3.8, 4) is 5.75 Å². The average Bonchev–Trinajstić information content (AvgIpc) is 2.55. The molecule has 1 N–H and O–H groups in total. The Morgan fingerprint density at radius 2 is 1.67 bits per heavy atom. The zero-order valence-electron chi connectivity index (χ0n) is 14.7. The number of nitrogens with one attached hydrogen (secondary N) is 1. The summed E-state index contributed by atoms with van der Waals surface area (Å²) in [7, 11) is 0. The van der Waals surface area contributed by atoms with Gasteiger partial charge in [0.05, 0.1) is 11.4 Å². The van der Waals surface area contributed by atoms with Gasteiger partial charge in [0.2, 0.25) is 5.91 Å². The molecule has 0 saturated heterocycles. The van der Waals surface area contributed by atoms with Crippen LogP contribution in [0.4, 0.5) is 0 Å². The molecule has 1 amide bonds. The van der Waals surface area contributed by atoms with Crippen molar-refractivity contribution in [1.82, 2.24) is 5.32 Å². The van der Waals surface area contributed by atoms with Gasteiger partial charge in [0.25, 0.3) is 0 Å². The lowest BCUT2D eigenvalue weighted by atomic mass is 10.2. The predicted octanol–water partition coefficient (Wildman–Crippen LogP) is 4.58. The topological polar surface area (TPSA) is 38.3 Å². The number of carbonyl (C=O) groups is 1. The van der Waals surface area contributed by atoms with E-state index < -0.39 is 0 Å². The Kier molecular flexibility index (Phi) is 6.73. The first-order valence-corrected chi connectivity index (χ1v) is 9.08. The van der Waals surface area contributed by atoms with Crippen LogP contribution < -0.4 is 10.1 Å². The van der Waals surface area contributed by atoms with Crippen LogP contribution in [0.1, 0.15) is 31.9 Å². The van der Waals surface area contributed by atoms with Crippen LogP contribution in [0.15, 0.2) is 53.4 Å². The lowest BCUT2D eigenvalue weighted by Gasteiger charge is -2.13. The second-order valence-electron chi connectivity index (χ2n) is 6.10. The zero-order valence-corrected chi connectivity index (χ0v) is 15.5. The Morgan fingerprint density at radius 3 is 2.25 bits per heavy atom. The molecular weight excluding hydrogens is 318 g/mol. The van der Waals surface area contributed by atoms with E-state index in [1.165, 1.54) is 5.56 Å². The van der Waals surface area contributed by atoms with Gasteiger partial charge in [-0.05, 0) is 57.5 Å². The van der Waals surface area contributed by atoms with Gasteiger partial charge < -0.3 is 10.1 Å². The minimum absolute atomic E-state index is 0.0445. The molecule has 3 nitrogen and oxygen atoms in total. The van der Waals surface area contributed by atoms with E-state index in [-0.39, 0.29) is 17.3 Å². The molecule has 0 bridgehead atoms. The van der Waals surface area contributed by atoms with Gasteiger partial charge in [-0.25, -0.2) is 0 Å². The Labute approximate surface area is 148 Å². The highest BCUT2D eigenvalue weighted by atomic mass is 32.2. The summed E-state index contributed by atoms with van der Waals surface area (Å²) in [4.78, 5) is 13.4. The summed E-state index contributed by atoms with van der Waals surface area (Å²) in [5.41, 5.74) is 2.29. The van der Waals surface area contributed by atoms with Gasteiger partial charge in [-0.1, -0.05) is 29.8 Å². The molecule has 0 saturated carbocycles. The van der Waals surface area contributed by atoms with Gasteiger partial charge in [-0.2, -0.15) is 0 Å². The van der Waals surface area contributed by atoms with Crippen LogP contribution in [0.5, 0.6) is 5.75 Å². The van der Waals surface area contributed by atoms with Crippen molar-refractivity contribution >= 4 is 17.7 Å². The molecule has 1 atom stereocenters. The fraction of sp³-hybridized carbons (Fsp3) is 0.350. The van der Waals surface area contributed by atoms with Gasteiger partial charge in [-0.3, -0.25) is 4.79 Å². The van der Waals surface area contributed by atoms with E-state index in [1.807, 2.05) is 45.0 Å². The van der Waals surface area contributed by atoms with Crippen LogP contribution >= 0.6 is 11.8 Å². The highest BCUT2D eigenvalue weighted by Gasteiger charge is 2.14. The Morgan fingerprint density at radius 1 is 1.04 bits per heavy atom. The van der Waals surface area contributed by atoms with Gasteiger partial charge >= 0.3 is 0 Å². The van der Waals surface area contributed by atoms with Crippen molar-refractivity contribution in [3.63, 3.8) is 0 Å². The standard InChI is InChI=1S/C20H25NO2S/c1-14(2)23-18-9-7-17(8-10-18)13-21-20(22)16(4)24-19-11-5-15(3)6-12-19/h5-12,14,16H,13H2,1-4H3,(H,21,22)/t16-/m0/s1. The second-order valence-corrected chi connectivity index (χ2v) is 7.52. The molecule has 2 aromatic carbocycles. The predicted molar refractivity (Wildman–Crippen MR) is 101 cm³/mol. The highest BCUT2D eigenvalue weighted by molar-refractivity contribution is 8.00. The van der Waals surface area contributed by atoms with E-state index in [0.717, 1.165) is 16.2 Å². The first kappa shape index (κ1) is 18.4. The summed E-state index contributed by atoms with van der Waals surface area (Å²) < 4.78 is 5.62. The van der Waals surface area contributed by atoms with Crippen molar-refractivity contribution in [2.45, 2.75) is 50.5 Å². The van der Waals surface area contributed by atoms with Crippen LogP contribution in [0.2, 0.25) is 0 Å². The maximum absolute atomic E-state index is 12.2. The molecule has 0 aliphatic carbocycles. The van der Waals surface area contributed by atoms with Gasteiger partial charge in [0, 0.05) is 11.4 Å². The molecule has 0 fully saturated rings. The molecule has 2 rings (SSSR count). The van der Waals surface area contributed by atoms with Crippen molar-refractivity contribution in [2.75, 3.05) is 0 Å². The van der Waals surface area contributed by atoms with E-state index >= 15 is 0 Å². The number of ether oxygens (including phenoxy) is 1. The van der Waals surface area contributed by atoms with Crippen molar-refractivity contribution in [1.29, 1.82) is 0 Å². The summed E-state index contributed by atoms with van der Waals surface area (Å²) in [6, 6.07) is 16.1. The molecule has 2 aromatic rings. The normalized spacial score (nSPS) is 12.0. The maximum Gasteiger partial charge on any atom is 0.233 e. The summed E-state index contributed by atoms with van der Waals surface area (Å²) in [5, 5.41) is 2.86. The lowest BCUT2D eigenvalue weighted by Crippen LogP contribution is -2.30. The number of thioether (sulfide) groups is 1. The molecule has 0 unspecified atom stereocenters. The summed E-state index contributed by atoms with van der Waals surface area (Å²) in [5.74, 6) is 0.895. The fourth-order valence-corrected chi connectivity index (χ4v) is 3.06. The average molecular weight is 343 g/mol. The molecule has 0 radical (unpaired) electrons. The molecule has 0 aromatic heterocycles. The summed E-state index contributed by atoms with van der Waals surface area (Å²) in [6.07, 6.45) is 0.162. The molecule has 0 spiro atoms. The summed E-state index contributed by atoms with van der Waals surface area (Å²) in [6.45, 7) is 8.52. The molecule has 4 heteroatoms. The smallest absolute Gasteiger partial charge is 0.233 e. The van der Waals surface area contributed by atoms with Crippen LogP contribution in [-0.4, -0.2) is 17.3 Å². The number of aryl methyl sites for hydroxylation is 1. The fourth-order valence-electron chi connectivity index (χ4n) is 2.17. The second kappa shape index (κ2) is 8.78. The molecule has 128 valence electrons. The van der Waals surface area contributed by atoms with Crippen LogP contribution in [0, 0.1) is 6.92 Å². The van der Waals surface area contributed by atoms with Crippen LogP contribution in [0.25, 0.3) is 0 Å². The molecule has 0 heterocycles. The number of carbonyl (C=O) groups excluding carboxylic acids is 1. The van der Waals surface area contributed by atoms with Crippen LogP contribution in [0.3, 0.4) is 0 Å². The lowest BCUT2D eigenvalue weighted by molar-refractivity contribution is -0.120. The number of benzene rings is 2. The van der Waals surface area contributed by atoms with E-state index in [4.69, 9.17) is 4.74 Å². The SMILES string of the molecule is Cc1ccc(S[C@@H](C)C(=O)NCc2ccc(OC(C)C)cc2)cc1. The third kappa shape index (κ3) is 5.93. The third-order valence-electron chi connectivity index (χ3n) is 3.46. The summed E-state index contributed by atoms with van der Waals surface area (Å²) >= 11 is 1.57. The number of hydrogen-bond acceptors (Lipinski definition) is 3. The third-order valence-corrected chi connectivity index (χ3v) is 4.58. The van der Waals surface area contributed by atoms with Crippen molar-refractivity contribution in [2.24, 2.45) is 0 Å². The number of hydrogen-bond donors (Lipinski definition) is 1. The number of rotatable bonds is 7. The van der Waals surface area contributed by atoms with Gasteiger partial charge in [0.1, 0.15) is 5.75 Å². The Hall–Kier alpha value is -1.94. The Bertz CT molecular complexity index is 650. The first-order valence-electron chi connectivity index (χ1n) is 8.20. The van der Waals surface area contributed by atoms with E-state index in [1.54, 1.807) is 11.8 Å². The molecule has 0 aliphatic rings. The minimum atomic E-state index is -0.128. The molecule has 24 heavy (non-hydrogen) atoms. The largest absolute Gasteiger partial charge is 0.491 e. The monoisotopic (exact) mass is 343 g/mol. The van der Waals surface area contributed by atoms with E-state index in [2.05, 4.69) is 36.5 Å². The van der Waals surface area contributed by atoms with Crippen LogP contribution in [-0.2, 0) is 11.3 Å². The van der Waals surface area contributed by atoms with E-state index in [0.29, 0.717) is 6.54 Å². The maximum atomic E-state index is 12.2. The minimum Gasteiger partial charge on any atom is -0.491 e. The van der Waals surface area contributed by atoms with Gasteiger partial charge in [-0.15, -0.1) is 11.8 Å². The highest BCUT2D eigenvalue weighted by Crippen LogP contribution is 2.23. The molecular formula is C20H25NO2S. The zero-order chi connectivity index (χ0) is 17.5. The van der Waals surface area contributed by atoms with Crippen molar-refractivity contribution < 1.29 is 9.53 Å². The van der Waals surface area contributed by atoms with E-state index in [9.17, 15) is 4.79 Å². The van der Waals surface area contributed by atoms with Gasteiger partial charge in [0.15, 0.2) is 0 Å². The quantitative estimate of drug-likeness (QED) is 0.748. The van der Waals surface area contributed by atoms with Crippen molar-refractivity contribution in [3.05, 3.63) is 59.7 Å². The Balaban J connectivity index is 1.82. The molecule has 0 aliphatic heterocycles. The first-order chi connectivity index (χ1) is 11.4. The number of amides is 1.